The summed E-state index contributed by atoms with van der Waals surface area (Å²) in [7, 11) is 3.07. The summed E-state index contributed by atoms with van der Waals surface area (Å²) < 4.78 is 26.4. The van der Waals surface area contributed by atoms with Crippen molar-refractivity contribution in [1.29, 1.82) is 0 Å². The normalized spacial score (nSPS) is 14.3. The van der Waals surface area contributed by atoms with E-state index >= 15 is 0 Å². The summed E-state index contributed by atoms with van der Waals surface area (Å²) in [4.78, 5) is 44.5. The number of carboxylic acid groups (broad SMARTS) is 1. The molecule has 48 heavy (non-hydrogen) atoms. The second-order valence-corrected chi connectivity index (χ2v) is 13.7. The van der Waals surface area contributed by atoms with Gasteiger partial charge >= 0.3 is 11.9 Å². The molecular weight excluding hydrogens is 815 g/mol. The predicted molar refractivity (Wildman–Crippen MR) is 194 cm³/mol. The van der Waals surface area contributed by atoms with Gasteiger partial charge in [-0.2, -0.15) is 0 Å². The lowest BCUT2D eigenvalue weighted by Gasteiger charge is -2.27. The molecule has 0 amide bonds. The number of rotatable bonds is 12. The number of esters is 1. The van der Waals surface area contributed by atoms with Gasteiger partial charge in [0, 0.05) is 10.0 Å². The monoisotopic (exact) mass is 846 g/mol. The summed E-state index contributed by atoms with van der Waals surface area (Å²) in [6.07, 6.45) is 3.01. The van der Waals surface area contributed by atoms with E-state index in [9.17, 15) is 19.5 Å². The molecule has 250 valence electrons. The van der Waals surface area contributed by atoms with E-state index in [0.29, 0.717) is 61.0 Å². The van der Waals surface area contributed by atoms with Crippen LogP contribution in [0.3, 0.4) is 0 Å². The molecule has 0 saturated heterocycles. The highest BCUT2D eigenvalue weighted by Gasteiger charge is 2.36. The summed E-state index contributed by atoms with van der Waals surface area (Å²) in [5.74, 6) is -0.0960. The zero-order chi connectivity index (χ0) is 34.5. The van der Waals surface area contributed by atoms with Crippen LogP contribution in [0.25, 0.3) is 6.08 Å². The molecular formula is C35H32BrIN2O8S. The van der Waals surface area contributed by atoms with Gasteiger partial charge in [-0.05, 0) is 95.6 Å². The van der Waals surface area contributed by atoms with Crippen molar-refractivity contribution in [2.45, 2.75) is 39.3 Å². The Balaban J connectivity index is 1.62. The number of hydrogen-bond acceptors (Lipinski definition) is 9. The standard InChI is InChI=1S/C35H32BrIN2O8S/c1-5-8-25-29(34(43)46-6-2)30(23-17-22(36)11-12-26(23)44-3)39-32(40)28(48-35(39)38-25)16-20-14-24(37)31(27(15-20)45-4)47-18-19-9-7-10-21(13-19)33(41)42/h7,9-17,30H,5-6,8,18H2,1-4H3,(H,41,42)/b28-16+/t30-/m1/s1. The number of ether oxygens (including phenoxy) is 4. The van der Waals surface area contributed by atoms with E-state index in [1.165, 1.54) is 29.1 Å². The number of carbonyl (C=O) groups is 2. The molecule has 13 heteroatoms. The maximum atomic E-state index is 14.3. The highest BCUT2D eigenvalue weighted by atomic mass is 127. The van der Waals surface area contributed by atoms with Crippen molar-refractivity contribution in [3.63, 3.8) is 0 Å². The number of thiazole rings is 1. The molecule has 0 spiro atoms. The second-order valence-electron chi connectivity index (χ2n) is 10.6. The first kappa shape index (κ1) is 35.4. The Hall–Kier alpha value is -3.95. The molecule has 3 aromatic carbocycles. The van der Waals surface area contributed by atoms with E-state index in [0.717, 1.165) is 14.5 Å². The topological polar surface area (TPSA) is 126 Å². The molecule has 10 nitrogen and oxygen atoms in total. The van der Waals surface area contributed by atoms with Crippen LogP contribution in [-0.2, 0) is 16.1 Å². The van der Waals surface area contributed by atoms with E-state index in [1.54, 1.807) is 50.4 Å². The Morgan fingerprint density at radius 3 is 2.54 bits per heavy atom. The van der Waals surface area contributed by atoms with Crippen LogP contribution >= 0.6 is 49.9 Å². The molecule has 4 aromatic rings. The summed E-state index contributed by atoms with van der Waals surface area (Å²) in [5, 5.41) is 9.32. The summed E-state index contributed by atoms with van der Waals surface area (Å²) in [6.45, 7) is 4.05. The molecule has 1 N–H and O–H groups in total. The number of methoxy groups -OCH3 is 2. The lowest BCUT2D eigenvalue weighted by Crippen LogP contribution is -2.40. The lowest BCUT2D eigenvalue weighted by atomic mass is 9.93. The molecule has 2 heterocycles. The third-order valence-corrected chi connectivity index (χ3v) is 9.76. The Morgan fingerprint density at radius 2 is 1.85 bits per heavy atom. The number of halogens is 2. The van der Waals surface area contributed by atoms with Gasteiger partial charge in [-0.1, -0.05) is 52.7 Å². The van der Waals surface area contributed by atoms with E-state index in [4.69, 9.17) is 23.9 Å². The molecule has 0 aliphatic carbocycles. The van der Waals surface area contributed by atoms with Crippen molar-refractivity contribution in [2.24, 2.45) is 4.99 Å². The average molecular weight is 848 g/mol. The molecule has 5 rings (SSSR count). The maximum Gasteiger partial charge on any atom is 0.338 e. The molecule has 1 aliphatic heterocycles. The minimum Gasteiger partial charge on any atom is -0.496 e. The molecule has 0 fully saturated rings. The Bertz CT molecular complexity index is 2110. The van der Waals surface area contributed by atoms with Crippen LogP contribution in [0.4, 0.5) is 0 Å². The van der Waals surface area contributed by atoms with Crippen LogP contribution in [0.15, 0.2) is 80.1 Å². The van der Waals surface area contributed by atoms with E-state index in [2.05, 4.69) is 38.5 Å². The van der Waals surface area contributed by atoms with Gasteiger partial charge in [0.1, 0.15) is 18.4 Å². The van der Waals surface area contributed by atoms with E-state index < -0.39 is 18.0 Å². The van der Waals surface area contributed by atoms with Crippen molar-refractivity contribution < 1.29 is 33.6 Å². The van der Waals surface area contributed by atoms with Crippen LogP contribution in [-0.4, -0.2) is 42.4 Å². The number of carboxylic acids is 1. The third-order valence-electron chi connectivity index (χ3n) is 7.49. The first-order valence-corrected chi connectivity index (χ1v) is 17.7. The van der Waals surface area contributed by atoms with Crippen LogP contribution in [0.2, 0.25) is 0 Å². The van der Waals surface area contributed by atoms with Crippen molar-refractivity contribution >= 4 is 67.9 Å². The number of nitrogens with zero attached hydrogens (tertiary/aromatic N) is 2. The van der Waals surface area contributed by atoms with Crippen LogP contribution in [0.5, 0.6) is 17.2 Å². The van der Waals surface area contributed by atoms with Gasteiger partial charge in [-0.25, -0.2) is 14.6 Å². The number of aromatic nitrogens is 1. The van der Waals surface area contributed by atoms with Gasteiger partial charge < -0.3 is 24.1 Å². The summed E-state index contributed by atoms with van der Waals surface area (Å²) in [5.41, 5.74) is 2.73. The number of carbonyl (C=O) groups excluding carboxylic acids is 1. The molecule has 0 radical (unpaired) electrons. The van der Waals surface area contributed by atoms with Crippen molar-refractivity contribution in [1.82, 2.24) is 4.57 Å². The Labute approximate surface area is 302 Å². The predicted octanol–water partition coefficient (Wildman–Crippen LogP) is 6.24. The molecule has 0 bridgehead atoms. The molecule has 0 saturated carbocycles. The van der Waals surface area contributed by atoms with E-state index in [-0.39, 0.29) is 24.3 Å². The molecule has 1 aliphatic rings. The van der Waals surface area contributed by atoms with Crippen LogP contribution in [0, 0.1) is 3.57 Å². The number of allylic oxidation sites excluding steroid dienone is 1. The first-order chi connectivity index (χ1) is 23.1. The van der Waals surface area contributed by atoms with Crippen molar-refractivity contribution in [3.05, 3.63) is 116 Å². The van der Waals surface area contributed by atoms with Gasteiger partial charge in [-0.15, -0.1) is 0 Å². The highest BCUT2D eigenvalue weighted by molar-refractivity contribution is 14.1. The lowest BCUT2D eigenvalue weighted by molar-refractivity contribution is -0.139. The van der Waals surface area contributed by atoms with Crippen molar-refractivity contribution in [3.8, 4) is 17.2 Å². The van der Waals surface area contributed by atoms with Gasteiger partial charge in [0.15, 0.2) is 16.3 Å². The summed E-state index contributed by atoms with van der Waals surface area (Å²) >= 11 is 6.92. The summed E-state index contributed by atoms with van der Waals surface area (Å²) in [6, 6.07) is 14.8. The smallest absolute Gasteiger partial charge is 0.338 e. The Morgan fingerprint density at radius 1 is 1.08 bits per heavy atom. The van der Waals surface area contributed by atoms with Crippen LogP contribution in [0.1, 0.15) is 59.8 Å². The van der Waals surface area contributed by atoms with E-state index in [1.807, 2.05) is 25.1 Å². The Kier molecular flexibility index (Phi) is 11.4. The molecule has 1 atom stereocenters. The largest absolute Gasteiger partial charge is 0.496 e. The third kappa shape index (κ3) is 7.37. The zero-order valence-corrected chi connectivity index (χ0v) is 31.1. The maximum absolute atomic E-state index is 14.3. The van der Waals surface area contributed by atoms with Crippen LogP contribution < -0.4 is 29.1 Å². The molecule has 0 unspecified atom stereocenters. The first-order valence-electron chi connectivity index (χ1n) is 15.0. The fourth-order valence-corrected chi connectivity index (χ4v) is 7.58. The average Bonchev–Trinajstić information content (AvgIpc) is 3.37. The fraction of sp³-hybridized carbons (Fsp3) is 0.257. The zero-order valence-electron chi connectivity index (χ0n) is 26.5. The van der Waals surface area contributed by atoms with Gasteiger partial charge in [0.2, 0.25) is 0 Å². The fourth-order valence-electron chi connectivity index (χ4n) is 5.40. The number of hydrogen-bond donors (Lipinski definition) is 1. The number of benzene rings is 3. The molecule has 1 aromatic heterocycles. The van der Waals surface area contributed by atoms with Crippen molar-refractivity contribution in [2.75, 3.05) is 20.8 Å². The minimum atomic E-state index is -1.01. The van der Waals surface area contributed by atoms with Gasteiger partial charge in [0.25, 0.3) is 5.56 Å². The number of aromatic carboxylic acids is 1. The van der Waals surface area contributed by atoms with Gasteiger partial charge in [0.05, 0.1) is 45.8 Å². The second kappa shape index (κ2) is 15.5. The minimum absolute atomic E-state index is 0.132. The quantitative estimate of drug-likeness (QED) is 0.131. The SMILES string of the molecule is CCCC1=C(C(=O)OCC)[C@@H](c2cc(Br)ccc2OC)n2c(s/c(=C/c3cc(I)c(OCc4cccc(C(=O)O)c4)c(OC)c3)c2=O)=N1. The number of fused-ring (bicyclic) bond motifs is 1. The van der Waals surface area contributed by atoms with Gasteiger partial charge in [-0.3, -0.25) is 9.36 Å². The highest BCUT2D eigenvalue weighted by Crippen LogP contribution is 2.39.